The van der Waals surface area contributed by atoms with E-state index < -0.39 is 0 Å². The number of nitrogens with one attached hydrogen (secondary N) is 1. The van der Waals surface area contributed by atoms with Crippen molar-refractivity contribution < 1.29 is 4.74 Å². The summed E-state index contributed by atoms with van der Waals surface area (Å²) in [5.74, 6) is 2.63. The molecule has 0 saturated carbocycles. The van der Waals surface area contributed by atoms with Gasteiger partial charge in [0.1, 0.15) is 5.75 Å². The molecule has 3 nitrogen and oxygen atoms in total. The Hall–Kier alpha value is -0.930. The Morgan fingerprint density at radius 1 is 1.24 bits per heavy atom. The van der Waals surface area contributed by atoms with Crippen LogP contribution in [0.15, 0.2) is 24.3 Å². The van der Waals surface area contributed by atoms with Crippen LogP contribution in [0.1, 0.15) is 0 Å². The van der Waals surface area contributed by atoms with E-state index >= 15 is 0 Å². The van der Waals surface area contributed by atoms with Crippen LogP contribution in [-0.4, -0.2) is 33.3 Å². The molecule has 17 heavy (non-hydrogen) atoms. The highest BCUT2D eigenvalue weighted by molar-refractivity contribution is 5.85. The number of ether oxygens (including phenoxy) is 1. The molecule has 2 heterocycles. The molecular formula is C13H19ClN2O. The quantitative estimate of drug-likeness (QED) is 0.871. The highest BCUT2D eigenvalue weighted by atomic mass is 35.5. The van der Waals surface area contributed by atoms with Crippen molar-refractivity contribution in [1.82, 2.24) is 5.32 Å². The molecule has 0 spiro atoms. The Kier molecular flexibility index (Phi) is 3.79. The van der Waals surface area contributed by atoms with E-state index in [1.807, 2.05) is 6.07 Å². The molecule has 2 saturated heterocycles. The molecule has 0 bridgehead atoms. The maximum atomic E-state index is 5.27. The van der Waals surface area contributed by atoms with Crippen molar-refractivity contribution in [3.63, 3.8) is 0 Å². The lowest BCUT2D eigenvalue weighted by Crippen LogP contribution is -2.25. The van der Waals surface area contributed by atoms with Gasteiger partial charge in [0.2, 0.25) is 0 Å². The van der Waals surface area contributed by atoms with Crippen molar-refractivity contribution in [1.29, 1.82) is 0 Å². The van der Waals surface area contributed by atoms with Gasteiger partial charge < -0.3 is 15.0 Å². The van der Waals surface area contributed by atoms with Crippen LogP contribution in [0, 0.1) is 11.8 Å². The molecular weight excluding hydrogens is 236 g/mol. The molecule has 3 rings (SSSR count). The number of nitrogens with zero attached hydrogens (tertiary/aromatic N) is 1. The molecule has 0 aromatic heterocycles. The van der Waals surface area contributed by atoms with Gasteiger partial charge >= 0.3 is 0 Å². The minimum Gasteiger partial charge on any atom is -0.497 e. The zero-order valence-electron chi connectivity index (χ0n) is 10.1. The van der Waals surface area contributed by atoms with Crippen LogP contribution in [-0.2, 0) is 0 Å². The maximum absolute atomic E-state index is 5.27. The fourth-order valence-electron chi connectivity index (χ4n) is 2.87. The van der Waals surface area contributed by atoms with Crippen LogP contribution in [0.5, 0.6) is 5.75 Å². The van der Waals surface area contributed by atoms with Gasteiger partial charge in [-0.3, -0.25) is 0 Å². The molecule has 4 heteroatoms. The van der Waals surface area contributed by atoms with Gasteiger partial charge in [-0.1, -0.05) is 6.07 Å². The first-order valence-corrected chi connectivity index (χ1v) is 5.96. The van der Waals surface area contributed by atoms with Crippen LogP contribution in [0.4, 0.5) is 5.69 Å². The van der Waals surface area contributed by atoms with Gasteiger partial charge in [0.05, 0.1) is 7.11 Å². The number of halogens is 1. The lowest BCUT2D eigenvalue weighted by molar-refractivity contribution is 0.415. The minimum atomic E-state index is 0. The van der Waals surface area contributed by atoms with E-state index in [-0.39, 0.29) is 12.4 Å². The molecule has 1 N–H and O–H groups in total. The van der Waals surface area contributed by atoms with E-state index in [1.165, 1.54) is 31.9 Å². The van der Waals surface area contributed by atoms with Crippen molar-refractivity contribution in [2.75, 3.05) is 38.2 Å². The summed E-state index contributed by atoms with van der Waals surface area (Å²) in [6.07, 6.45) is 0. The summed E-state index contributed by atoms with van der Waals surface area (Å²) in [5, 5.41) is 3.47. The van der Waals surface area contributed by atoms with Gasteiger partial charge in [-0.05, 0) is 24.0 Å². The van der Waals surface area contributed by atoms with E-state index in [0.717, 1.165) is 17.6 Å². The number of hydrogen-bond donors (Lipinski definition) is 1. The minimum absolute atomic E-state index is 0. The Balaban J connectivity index is 0.00000108. The molecule has 0 aliphatic carbocycles. The SMILES string of the molecule is COc1cccc(N2CC3CNCC3C2)c1.Cl. The van der Waals surface area contributed by atoms with Crippen LogP contribution in [0.2, 0.25) is 0 Å². The van der Waals surface area contributed by atoms with Gasteiger partial charge in [-0.25, -0.2) is 0 Å². The monoisotopic (exact) mass is 254 g/mol. The van der Waals surface area contributed by atoms with E-state index in [0.29, 0.717) is 0 Å². The number of rotatable bonds is 2. The maximum Gasteiger partial charge on any atom is 0.120 e. The van der Waals surface area contributed by atoms with Crippen LogP contribution >= 0.6 is 12.4 Å². The van der Waals surface area contributed by atoms with Gasteiger partial charge in [0.15, 0.2) is 0 Å². The molecule has 0 amide bonds. The third-order valence-corrected chi connectivity index (χ3v) is 3.81. The molecule has 1 aromatic carbocycles. The Morgan fingerprint density at radius 3 is 2.59 bits per heavy atom. The lowest BCUT2D eigenvalue weighted by atomic mass is 10.0. The fourth-order valence-corrected chi connectivity index (χ4v) is 2.87. The van der Waals surface area contributed by atoms with E-state index in [2.05, 4.69) is 28.4 Å². The van der Waals surface area contributed by atoms with E-state index in [1.54, 1.807) is 7.11 Å². The van der Waals surface area contributed by atoms with Gasteiger partial charge in [-0.2, -0.15) is 0 Å². The number of anilines is 1. The summed E-state index contributed by atoms with van der Waals surface area (Å²) in [6, 6.07) is 8.38. The van der Waals surface area contributed by atoms with Crippen LogP contribution in [0.25, 0.3) is 0 Å². The normalized spacial score (nSPS) is 26.5. The summed E-state index contributed by atoms with van der Waals surface area (Å²) >= 11 is 0. The Morgan fingerprint density at radius 2 is 1.94 bits per heavy atom. The Labute approximate surface area is 109 Å². The van der Waals surface area contributed by atoms with Crippen LogP contribution in [0.3, 0.4) is 0 Å². The first-order chi connectivity index (χ1) is 7.86. The predicted octanol–water partition coefficient (Wildman–Crippen LogP) is 1.77. The smallest absolute Gasteiger partial charge is 0.120 e. The zero-order valence-corrected chi connectivity index (χ0v) is 10.9. The van der Waals surface area contributed by atoms with Crippen molar-refractivity contribution in [2.45, 2.75) is 0 Å². The largest absolute Gasteiger partial charge is 0.497 e. The molecule has 2 aliphatic heterocycles. The van der Waals surface area contributed by atoms with E-state index in [9.17, 15) is 0 Å². The highest BCUT2D eigenvalue weighted by Crippen LogP contribution is 2.31. The number of fused-ring (bicyclic) bond motifs is 1. The molecule has 2 fully saturated rings. The molecule has 2 atom stereocenters. The second-order valence-electron chi connectivity index (χ2n) is 4.78. The third kappa shape index (κ3) is 2.35. The zero-order chi connectivity index (χ0) is 11.0. The standard InChI is InChI=1S/C13H18N2O.ClH/c1-16-13-4-2-3-12(5-13)15-8-10-6-14-7-11(10)9-15;/h2-5,10-11,14H,6-9H2,1H3;1H. The summed E-state index contributed by atoms with van der Waals surface area (Å²) in [4.78, 5) is 2.48. The molecule has 0 radical (unpaired) electrons. The highest BCUT2D eigenvalue weighted by Gasteiger charge is 2.36. The fraction of sp³-hybridized carbons (Fsp3) is 0.538. The predicted molar refractivity (Wildman–Crippen MR) is 72.3 cm³/mol. The summed E-state index contributed by atoms with van der Waals surface area (Å²) in [7, 11) is 1.72. The number of methoxy groups -OCH3 is 1. The second kappa shape index (κ2) is 5.15. The van der Waals surface area contributed by atoms with Gasteiger partial charge in [-0.15, -0.1) is 12.4 Å². The number of hydrogen-bond acceptors (Lipinski definition) is 3. The van der Waals surface area contributed by atoms with Crippen LogP contribution < -0.4 is 15.0 Å². The van der Waals surface area contributed by atoms with Gasteiger partial charge in [0.25, 0.3) is 0 Å². The number of benzene rings is 1. The molecule has 1 aromatic rings. The molecule has 2 unspecified atom stereocenters. The average molecular weight is 255 g/mol. The van der Waals surface area contributed by atoms with Crippen molar-refractivity contribution in [3.8, 4) is 5.75 Å². The second-order valence-corrected chi connectivity index (χ2v) is 4.78. The van der Waals surface area contributed by atoms with Gasteiger partial charge in [0, 0.05) is 37.9 Å². The summed E-state index contributed by atoms with van der Waals surface area (Å²) in [6.45, 7) is 4.74. The third-order valence-electron chi connectivity index (χ3n) is 3.81. The van der Waals surface area contributed by atoms with Crippen molar-refractivity contribution in [2.24, 2.45) is 11.8 Å². The first kappa shape index (κ1) is 12.5. The average Bonchev–Trinajstić information content (AvgIpc) is 2.89. The summed E-state index contributed by atoms with van der Waals surface area (Å²) in [5.41, 5.74) is 1.30. The summed E-state index contributed by atoms with van der Waals surface area (Å²) < 4.78 is 5.27. The topological polar surface area (TPSA) is 24.5 Å². The van der Waals surface area contributed by atoms with E-state index in [4.69, 9.17) is 4.74 Å². The lowest BCUT2D eigenvalue weighted by Gasteiger charge is -2.20. The van der Waals surface area contributed by atoms with Crippen molar-refractivity contribution >= 4 is 18.1 Å². The molecule has 94 valence electrons. The Bertz CT molecular complexity index is 373. The first-order valence-electron chi connectivity index (χ1n) is 5.96. The van der Waals surface area contributed by atoms with Crippen molar-refractivity contribution in [3.05, 3.63) is 24.3 Å². The molecule has 2 aliphatic rings.